The molecule has 0 spiro atoms. The number of carbonyl (C=O) groups is 2. The zero-order valence-corrected chi connectivity index (χ0v) is 13.4. The predicted molar refractivity (Wildman–Crippen MR) is 84.2 cm³/mol. The van der Waals surface area contributed by atoms with E-state index >= 15 is 0 Å². The van der Waals surface area contributed by atoms with Gasteiger partial charge < -0.3 is 15.4 Å². The molecule has 0 saturated carbocycles. The number of nitrogens with two attached hydrogens (primary N) is 1. The first-order valence-electron chi connectivity index (χ1n) is 7.39. The van der Waals surface area contributed by atoms with E-state index in [-0.39, 0.29) is 37.0 Å². The van der Waals surface area contributed by atoms with Crippen LogP contribution in [0.4, 0.5) is 0 Å². The maximum absolute atomic E-state index is 12.3. The first-order chi connectivity index (χ1) is 10.5. The first kappa shape index (κ1) is 16.8. The van der Waals surface area contributed by atoms with Crippen molar-refractivity contribution in [2.45, 2.75) is 32.4 Å². The van der Waals surface area contributed by atoms with Crippen molar-refractivity contribution < 1.29 is 14.3 Å². The number of hydrogen-bond donors (Lipinski definition) is 1. The summed E-state index contributed by atoms with van der Waals surface area (Å²) < 4.78 is 5.47. The quantitative estimate of drug-likeness (QED) is 0.900. The molecule has 0 bridgehead atoms. The molecule has 2 N–H and O–H groups in total. The Morgan fingerprint density at radius 1 is 1.36 bits per heavy atom. The fourth-order valence-electron chi connectivity index (χ4n) is 2.63. The van der Waals surface area contributed by atoms with Gasteiger partial charge in [0.05, 0.1) is 12.5 Å². The Morgan fingerprint density at radius 3 is 2.77 bits per heavy atom. The van der Waals surface area contributed by atoms with Crippen molar-refractivity contribution in [2.24, 2.45) is 11.7 Å². The van der Waals surface area contributed by atoms with E-state index in [0.29, 0.717) is 11.6 Å². The number of primary amides is 1. The average molecular weight is 325 g/mol. The molecule has 1 fully saturated rings. The average Bonchev–Trinajstić information content (AvgIpc) is 2.49. The monoisotopic (exact) mass is 324 g/mol. The minimum absolute atomic E-state index is 0.0267. The van der Waals surface area contributed by atoms with Gasteiger partial charge in [-0.3, -0.25) is 9.59 Å². The number of halogens is 1. The highest BCUT2D eigenvalue weighted by Crippen LogP contribution is 2.22. The molecule has 1 aliphatic rings. The molecule has 1 aliphatic heterocycles. The highest BCUT2D eigenvalue weighted by atomic mass is 35.5. The smallest absolute Gasteiger partial charge is 0.248 e. The number of hydrogen-bond acceptors (Lipinski definition) is 3. The SMILES string of the molecule is C[C@@H]1CC[C@H](C(N)=O)CN1C(=O)COCc1ccccc1Cl. The second kappa shape index (κ2) is 7.61. The van der Waals surface area contributed by atoms with Crippen molar-refractivity contribution in [3.05, 3.63) is 34.9 Å². The molecule has 0 unspecified atom stereocenters. The molecule has 6 heteroatoms. The largest absolute Gasteiger partial charge is 0.369 e. The molecule has 0 aromatic heterocycles. The predicted octanol–water partition coefficient (Wildman–Crippen LogP) is 1.97. The third-order valence-electron chi connectivity index (χ3n) is 4.05. The highest BCUT2D eigenvalue weighted by molar-refractivity contribution is 6.31. The van der Waals surface area contributed by atoms with Crippen LogP contribution in [0.3, 0.4) is 0 Å². The number of rotatable bonds is 5. The lowest BCUT2D eigenvalue weighted by molar-refractivity contribution is -0.142. The molecular weight excluding hydrogens is 304 g/mol. The van der Waals surface area contributed by atoms with E-state index in [9.17, 15) is 9.59 Å². The van der Waals surface area contributed by atoms with E-state index in [1.165, 1.54) is 0 Å². The zero-order valence-electron chi connectivity index (χ0n) is 12.6. The number of likely N-dealkylation sites (tertiary alicyclic amines) is 1. The molecule has 1 aromatic carbocycles. The van der Waals surface area contributed by atoms with Gasteiger partial charge >= 0.3 is 0 Å². The number of piperidine rings is 1. The van der Waals surface area contributed by atoms with E-state index in [2.05, 4.69) is 0 Å². The minimum Gasteiger partial charge on any atom is -0.369 e. The molecule has 2 rings (SSSR count). The van der Waals surface area contributed by atoms with E-state index in [1.54, 1.807) is 11.0 Å². The van der Waals surface area contributed by atoms with Crippen LogP contribution < -0.4 is 5.73 Å². The number of nitrogens with zero attached hydrogens (tertiary/aromatic N) is 1. The third kappa shape index (κ3) is 4.21. The summed E-state index contributed by atoms with van der Waals surface area (Å²) in [4.78, 5) is 25.3. The topological polar surface area (TPSA) is 72.6 Å². The van der Waals surface area contributed by atoms with Gasteiger partial charge in [0.25, 0.3) is 0 Å². The van der Waals surface area contributed by atoms with Crippen molar-refractivity contribution in [2.75, 3.05) is 13.2 Å². The first-order valence-corrected chi connectivity index (χ1v) is 7.76. The van der Waals surface area contributed by atoms with Gasteiger partial charge in [0, 0.05) is 17.6 Å². The van der Waals surface area contributed by atoms with Gasteiger partial charge in [-0.25, -0.2) is 0 Å². The molecular formula is C16H21ClN2O3. The summed E-state index contributed by atoms with van der Waals surface area (Å²) in [6.07, 6.45) is 1.52. The summed E-state index contributed by atoms with van der Waals surface area (Å²) in [5.41, 5.74) is 6.19. The van der Waals surface area contributed by atoms with Crippen LogP contribution in [0.25, 0.3) is 0 Å². The molecule has 2 atom stereocenters. The van der Waals surface area contributed by atoms with Gasteiger partial charge in [0.1, 0.15) is 6.61 Å². The van der Waals surface area contributed by atoms with Crippen molar-refractivity contribution in [1.29, 1.82) is 0 Å². The molecule has 0 radical (unpaired) electrons. The van der Waals surface area contributed by atoms with Crippen LogP contribution in [0.2, 0.25) is 5.02 Å². The molecule has 120 valence electrons. The van der Waals surface area contributed by atoms with Crippen molar-refractivity contribution in [1.82, 2.24) is 4.90 Å². The maximum Gasteiger partial charge on any atom is 0.248 e. The Morgan fingerprint density at radius 2 is 2.09 bits per heavy atom. The number of benzene rings is 1. The molecule has 5 nitrogen and oxygen atoms in total. The molecule has 1 aromatic rings. The Bertz CT molecular complexity index is 550. The van der Waals surface area contributed by atoms with E-state index in [0.717, 1.165) is 18.4 Å². The summed E-state index contributed by atoms with van der Waals surface area (Å²) in [6, 6.07) is 7.46. The third-order valence-corrected chi connectivity index (χ3v) is 4.41. The van der Waals surface area contributed by atoms with Crippen molar-refractivity contribution in [3.63, 3.8) is 0 Å². The zero-order chi connectivity index (χ0) is 16.1. The summed E-state index contributed by atoms with van der Waals surface area (Å²) >= 11 is 6.04. The minimum atomic E-state index is -0.346. The molecule has 1 heterocycles. The van der Waals surface area contributed by atoms with Crippen LogP contribution >= 0.6 is 11.6 Å². The Kier molecular flexibility index (Phi) is 5.80. The summed E-state index contributed by atoms with van der Waals surface area (Å²) in [6.45, 7) is 2.61. The number of amides is 2. The van der Waals surface area contributed by atoms with Crippen LogP contribution in [0.5, 0.6) is 0 Å². The van der Waals surface area contributed by atoms with Crippen LogP contribution in [0.1, 0.15) is 25.3 Å². The van der Waals surface area contributed by atoms with Gasteiger partial charge in [0.2, 0.25) is 11.8 Å². The second-order valence-electron chi connectivity index (χ2n) is 5.66. The van der Waals surface area contributed by atoms with Crippen LogP contribution in [-0.2, 0) is 20.9 Å². The molecule has 0 aliphatic carbocycles. The van der Waals surface area contributed by atoms with Gasteiger partial charge in [-0.2, -0.15) is 0 Å². The Labute approximate surface area is 135 Å². The summed E-state index contributed by atoms with van der Waals surface area (Å²) in [7, 11) is 0. The summed E-state index contributed by atoms with van der Waals surface area (Å²) in [5, 5.41) is 0.620. The van der Waals surface area contributed by atoms with E-state index in [4.69, 9.17) is 22.1 Å². The molecule has 22 heavy (non-hydrogen) atoms. The van der Waals surface area contributed by atoms with Gasteiger partial charge in [0.15, 0.2) is 0 Å². The normalized spacial score (nSPS) is 21.6. The highest BCUT2D eigenvalue weighted by Gasteiger charge is 2.31. The lowest BCUT2D eigenvalue weighted by atomic mass is 9.93. The standard InChI is InChI=1S/C16H21ClN2O3/c1-11-6-7-12(16(18)21)8-19(11)15(20)10-22-9-13-4-2-3-5-14(13)17/h2-5,11-12H,6-10H2,1H3,(H2,18,21)/t11-,12+/m1/s1. The van der Waals surface area contributed by atoms with Gasteiger partial charge in [-0.05, 0) is 31.4 Å². The van der Waals surface area contributed by atoms with E-state index in [1.807, 2.05) is 25.1 Å². The molecule has 1 saturated heterocycles. The van der Waals surface area contributed by atoms with Gasteiger partial charge in [-0.15, -0.1) is 0 Å². The second-order valence-corrected chi connectivity index (χ2v) is 6.06. The van der Waals surface area contributed by atoms with Crippen LogP contribution in [0, 0.1) is 5.92 Å². The summed E-state index contributed by atoms with van der Waals surface area (Å²) in [5.74, 6) is -0.726. The fraction of sp³-hybridized carbons (Fsp3) is 0.500. The lowest BCUT2D eigenvalue weighted by Gasteiger charge is -2.36. The Balaban J connectivity index is 1.86. The van der Waals surface area contributed by atoms with Crippen LogP contribution in [-0.4, -0.2) is 35.9 Å². The number of ether oxygens (including phenoxy) is 1. The van der Waals surface area contributed by atoms with Gasteiger partial charge in [-0.1, -0.05) is 29.8 Å². The van der Waals surface area contributed by atoms with E-state index < -0.39 is 0 Å². The van der Waals surface area contributed by atoms with Crippen molar-refractivity contribution >= 4 is 23.4 Å². The number of carbonyl (C=O) groups excluding carboxylic acids is 2. The maximum atomic E-state index is 12.3. The molecule has 2 amide bonds. The van der Waals surface area contributed by atoms with Crippen LogP contribution in [0.15, 0.2) is 24.3 Å². The Hall–Kier alpha value is -1.59. The lowest BCUT2D eigenvalue weighted by Crippen LogP contribution is -2.49. The fourth-order valence-corrected chi connectivity index (χ4v) is 2.82. The van der Waals surface area contributed by atoms with Crippen molar-refractivity contribution in [3.8, 4) is 0 Å².